The molecule has 106 valence electrons. The van der Waals surface area contributed by atoms with Crippen molar-refractivity contribution in [1.82, 2.24) is 0 Å². The summed E-state index contributed by atoms with van der Waals surface area (Å²) in [6, 6.07) is 0. The van der Waals surface area contributed by atoms with E-state index in [0.717, 1.165) is 46.7 Å². The van der Waals surface area contributed by atoms with Crippen molar-refractivity contribution in [3.05, 3.63) is 12.7 Å². The van der Waals surface area contributed by atoms with E-state index in [1.165, 1.54) is 25.0 Å². The summed E-state index contributed by atoms with van der Waals surface area (Å²) in [6.07, 6.45) is 11.3. The van der Waals surface area contributed by atoms with Crippen LogP contribution in [-0.4, -0.2) is 11.0 Å². The summed E-state index contributed by atoms with van der Waals surface area (Å²) in [5.41, 5.74) is 0. The predicted octanol–water partition coefficient (Wildman–Crippen LogP) is 5.00. The van der Waals surface area contributed by atoms with Crippen LogP contribution in [0.5, 0.6) is 0 Å². The highest BCUT2D eigenvalue weighted by Crippen LogP contribution is 2.70. The smallest absolute Gasteiger partial charge is 0.00810 e. The molecule has 0 radical (unpaired) electrons. The lowest BCUT2D eigenvalue weighted by Crippen LogP contribution is -2.36. The van der Waals surface area contributed by atoms with Crippen molar-refractivity contribution in [3.63, 3.8) is 0 Å². The normalized spacial score (nSPS) is 53.7. The quantitative estimate of drug-likeness (QED) is 0.387. The molecule has 4 fully saturated rings. The highest BCUT2D eigenvalue weighted by atomic mass is 32.2. The van der Waals surface area contributed by atoms with Crippen molar-refractivity contribution < 1.29 is 0 Å². The first-order chi connectivity index (χ1) is 9.33. The largest absolute Gasteiger partial charge is 0.158 e. The van der Waals surface area contributed by atoms with Crippen LogP contribution in [0.25, 0.3) is 0 Å². The summed E-state index contributed by atoms with van der Waals surface area (Å²) in [5.74, 6) is 8.91. The average molecular weight is 276 g/mol. The zero-order valence-corrected chi connectivity index (χ0v) is 13.1. The first-order valence-electron chi connectivity index (χ1n) is 8.57. The number of allylic oxidation sites excluding steroid dienone is 1. The van der Waals surface area contributed by atoms with E-state index in [-0.39, 0.29) is 0 Å². The van der Waals surface area contributed by atoms with Gasteiger partial charge in [0.15, 0.2) is 0 Å². The molecule has 1 heteroatoms. The Morgan fingerprint density at radius 1 is 1.05 bits per heavy atom. The molecule has 4 aliphatic rings. The second-order valence-corrected chi connectivity index (χ2v) is 8.95. The van der Waals surface area contributed by atoms with Gasteiger partial charge in [-0.25, -0.2) is 0 Å². The molecule has 0 saturated heterocycles. The molecule has 0 nitrogen and oxygen atoms in total. The highest BCUT2D eigenvalue weighted by molar-refractivity contribution is 7.99. The van der Waals surface area contributed by atoms with E-state index in [1.54, 1.807) is 19.3 Å². The minimum Gasteiger partial charge on any atom is -0.158 e. The van der Waals surface area contributed by atoms with Gasteiger partial charge in [-0.3, -0.25) is 0 Å². The molecule has 19 heavy (non-hydrogen) atoms. The summed E-state index contributed by atoms with van der Waals surface area (Å²) in [4.78, 5) is 0. The zero-order valence-electron chi connectivity index (χ0n) is 12.3. The van der Waals surface area contributed by atoms with Gasteiger partial charge in [0.05, 0.1) is 0 Å². The Labute approximate surface area is 122 Å². The Hall–Kier alpha value is 0.0900. The van der Waals surface area contributed by atoms with Crippen LogP contribution in [0.1, 0.15) is 45.4 Å². The Morgan fingerprint density at radius 2 is 1.79 bits per heavy atom. The van der Waals surface area contributed by atoms with Crippen LogP contribution in [0.2, 0.25) is 0 Å². The van der Waals surface area contributed by atoms with Crippen LogP contribution in [0, 0.1) is 41.4 Å². The molecule has 8 atom stereocenters. The lowest BCUT2D eigenvalue weighted by molar-refractivity contribution is 0.125. The maximum atomic E-state index is 4.10. The Bertz CT molecular complexity index is 363. The van der Waals surface area contributed by atoms with Crippen LogP contribution < -0.4 is 0 Å². The molecule has 0 N–H and O–H groups in total. The minimum atomic E-state index is 0.886. The van der Waals surface area contributed by atoms with Gasteiger partial charge in [0, 0.05) is 5.25 Å². The number of fused-ring (bicyclic) bond motifs is 9. The molecular formula is C18H28S. The van der Waals surface area contributed by atoms with E-state index in [1.807, 2.05) is 0 Å². The molecule has 4 aliphatic carbocycles. The van der Waals surface area contributed by atoms with Gasteiger partial charge in [0.2, 0.25) is 0 Å². The van der Waals surface area contributed by atoms with Gasteiger partial charge in [0.25, 0.3) is 0 Å². The van der Waals surface area contributed by atoms with Gasteiger partial charge in [-0.1, -0.05) is 19.4 Å². The molecule has 0 amide bonds. The Morgan fingerprint density at radius 3 is 2.58 bits per heavy atom. The fourth-order valence-electron chi connectivity index (χ4n) is 6.43. The number of unbranched alkanes of at least 4 members (excludes halogenated alkanes) is 1. The lowest BCUT2D eigenvalue weighted by atomic mass is 9.67. The molecule has 0 spiro atoms. The molecule has 0 aromatic heterocycles. The van der Waals surface area contributed by atoms with Crippen LogP contribution in [-0.2, 0) is 0 Å². The summed E-state index contributed by atoms with van der Waals surface area (Å²) in [7, 11) is 0. The van der Waals surface area contributed by atoms with Crippen LogP contribution in [0.4, 0.5) is 0 Å². The summed E-state index contributed by atoms with van der Waals surface area (Å²) in [6.45, 7) is 6.42. The van der Waals surface area contributed by atoms with Gasteiger partial charge >= 0.3 is 0 Å². The number of thioether (sulfide) groups is 1. The molecular weight excluding hydrogens is 248 g/mol. The van der Waals surface area contributed by atoms with E-state index < -0.39 is 0 Å². The van der Waals surface area contributed by atoms with Crippen LogP contribution >= 0.6 is 11.8 Å². The van der Waals surface area contributed by atoms with E-state index in [0.29, 0.717) is 0 Å². The van der Waals surface area contributed by atoms with Crippen molar-refractivity contribution in [3.8, 4) is 0 Å². The van der Waals surface area contributed by atoms with Gasteiger partial charge < -0.3 is 0 Å². The van der Waals surface area contributed by atoms with Crippen LogP contribution in [0.15, 0.2) is 12.7 Å². The minimum absolute atomic E-state index is 0.886. The highest BCUT2D eigenvalue weighted by Gasteiger charge is 2.63. The van der Waals surface area contributed by atoms with E-state index >= 15 is 0 Å². The lowest BCUT2D eigenvalue weighted by Gasteiger charge is -2.40. The van der Waals surface area contributed by atoms with Gasteiger partial charge in [-0.05, 0) is 79.3 Å². The second-order valence-electron chi connectivity index (χ2n) is 7.61. The van der Waals surface area contributed by atoms with Crippen molar-refractivity contribution in [2.45, 2.75) is 50.7 Å². The summed E-state index contributed by atoms with van der Waals surface area (Å²) >= 11 is 2.33. The third-order valence-corrected chi connectivity index (χ3v) is 8.44. The standard InChI is InChI=1S/C18H28S/c1-3-5-6-19-16-10-13-9-15(16)18-12-7-11(4-2)14(8-12)17(13)18/h4,11-18H,2-3,5-10H2,1H3/t11-,12?,13?,14-,15+,16+,17?,18?/m1/s1. The first kappa shape index (κ1) is 12.8. The fraction of sp³-hybridized carbons (Fsp3) is 0.889. The molecule has 4 bridgehead atoms. The van der Waals surface area contributed by atoms with Crippen molar-refractivity contribution >= 4 is 11.8 Å². The molecule has 0 aromatic rings. The third kappa shape index (κ3) is 1.79. The van der Waals surface area contributed by atoms with Crippen molar-refractivity contribution in [1.29, 1.82) is 0 Å². The van der Waals surface area contributed by atoms with E-state index in [9.17, 15) is 0 Å². The molecule has 0 heterocycles. The Kier molecular flexibility index (Phi) is 3.25. The first-order valence-corrected chi connectivity index (χ1v) is 9.62. The number of rotatable bonds is 5. The topological polar surface area (TPSA) is 0 Å². The molecule has 0 aliphatic heterocycles. The van der Waals surface area contributed by atoms with Crippen molar-refractivity contribution in [2.24, 2.45) is 41.4 Å². The predicted molar refractivity (Wildman–Crippen MR) is 84.2 cm³/mol. The van der Waals surface area contributed by atoms with Crippen LogP contribution in [0.3, 0.4) is 0 Å². The van der Waals surface area contributed by atoms with Crippen molar-refractivity contribution in [2.75, 3.05) is 5.75 Å². The summed E-state index contributed by atoms with van der Waals surface area (Å²) in [5, 5.41) is 1.04. The second kappa shape index (κ2) is 4.83. The third-order valence-electron chi connectivity index (χ3n) is 6.94. The zero-order chi connectivity index (χ0) is 13.0. The number of hydrogen-bond donors (Lipinski definition) is 0. The monoisotopic (exact) mass is 276 g/mol. The fourth-order valence-corrected chi connectivity index (χ4v) is 8.11. The molecule has 4 rings (SSSR count). The maximum Gasteiger partial charge on any atom is 0.00810 e. The molecule has 4 unspecified atom stereocenters. The SMILES string of the molecule is C=C[C@@H]1CC2C[C@H]1C1C3C[C@H](SCCCC)[C@H](C3)C21. The summed E-state index contributed by atoms with van der Waals surface area (Å²) < 4.78 is 0. The molecule has 0 aromatic carbocycles. The number of hydrogen-bond acceptors (Lipinski definition) is 1. The maximum absolute atomic E-state index is 4.10. The van der Waals surface area contributed by atoms with Gasteiger partial charge in [-0.15, -0.1) is 6.58 Å². The van der Waals surface area contributed by atoms with Gasteiger partial charge in [0.1, 0.15) is 0 Å². The average Bonchev–Trinajstić information content (AvgIpc) is 3.15. The van der Waals surface area contributed by atoms with E-state index in [4.69, 9.17) is 0 Å². The van der Waals surface area contributed by atoms with Gasteiger partial charge in [-0.2, -0.15) is 11.8 Å². The molecule has 4 saturated carbocycles. The Balaban J connectivity index is 1.45. The van der Waals surface area contributed by atoms with E-state index in [2.05, 4.69) is 31.3 Å².